The van der Waals surface area contributed by atoms with E-state index in [0.717, 1.165) is 11.1 Å². The van der Waals surface area contributed by atoms with E-state index in [1.54, 1.807) is 18.3 Å². The first-order valence-corrected chi connectivity index (χ1v) is 7.16. The summed E-state index contributed by atoms with van der Waals surface area (Å²) in [7, 11) is 5.41. The van der Waals surface area contributed by atoms with Crippen LogP contribution < -0.4 is 9.47 Å². The maximum absolute atomic E-state index is 5.90. The second-order valence-electron chi connectivity index (χ2n) is 5.28. The predicted octanol–water partition coefficient (Wildman–Crippen LogP) is 3.48. The van der Waals surface area contributed by atoms with Crippen LogP contribution in [-0.2, 0) is 6.61 Å². The molecule has 0 spiro atoms. The molecule has 0 saturated heterocycles. The van der Waals surface area contributed by atoms with Crippen molar-refractivity contribution in [3.8, 4) is 11.5 Å². The summed E-state index contributed by atoms with van der Waals surface area (Å²) >= 11 is 0. The van der Waals surface area contributed by atoms with E-state index >= 15 is 0 Å². The van der Waals surface area contributed by atoms with Gasteiger partial charge in [0.1, 0.15) is 6.61 Å². The Labute approximate surface area is 132 Å². The minimum Gasteiger partial charge on any atom is -0.493 e. The molecule has 0 aromatic heterocycles. The van der Waals surface area contributed by atoms with E-state index in [4.69, 9.17) is 9.47 Å². The molecule has 4 heteroatoms. The minimum absolute atomic E-state index is 0.505. The summed E-state index contributed by atoms with van der Waals surface area (Å²) < 4.78 is 11.3. The molecule has 0 heterocycles. The lowest BCUT2D eigenvalue weighted by atomic mass is 10.1. The zero-order valence-corrected chi connectivity index (χ0v) is 13.5. The first-order chi connectivity index (χ1) is 10.6. The lowest BCUT2D eigenvalue weighted by molar-refractivity contribution is 0.284. The van der Waals surface area contributed by atoms with Gasteiger partial charge in [0.25, 0.3) is 0 Å². The van der Waals surface area contributed by atoms with Gasteiger partial charge in [-0.1, -0.05) is 29.8 Å². The van der Waals surface area contributed by atoms with Crippen molar-refractivity contribution in [2.24, 2.45) is 5.10 Å². The monoisotopic (exact) mass is 298 g/mol. The molecule has 0 aliphatic rings. The molecular formula is C18H22N2O2. The summed E-state index contributed by atoms with van der Waals surface area (Å²) in [6.07, 6.45) is 1.79. The molecule has 0 amide bonds. The molecule has 0 aliphatic heterocycles. The summed E-state index contributed by atoms with van der Waals surface area (Å²) in [6, 6.07) is 14.1. The van der Waals surface area contributed by atoms with Gasteiger partial charge in [-0.05, 0) is 36.2 Å². The fourth-order valence-electron chi connectivity index (χ4n) is 1.91. The number of hydrogen-bond acceptors (Lipinski definition) is 4. The normalized spacial score (nSPS) is 10.7. The maximum Gasteiger partial charge on any atom is 0.162 e. The van der Waals surface area contributed by atoms with Crippen molar-refractivity contribution in [3.63, 3.8) is 0 Å². The molecule has 2 aromatic rings. The molecule has 0 unspecified atom stereocenters. The Morgan fingerprint density at radius 2 is 1.77 bits per heavy atom. The summed E-state index contributed by atoms with van der Waals surface area (Å²) in [5, 5.41) is 5.98. The Morgan fingerprint density at radius 1 is 1.05 bits per heavy atom. The van der Waals surface area contributed by atoms with Crippen molar-refractivity contribution in [2.75, 3.05) is 21.2 Å². The second kappa shape index (κ2) is 7.50. The van der Waals surface area contributed by atoms with Gasteiger partial charge >= 0.3 is 0 Å². The number of hydrogen-bond donors (Lipinski definition) is 0. The van der Waals surface area contributed by atoms with E-state index in [0.29, 0.717) is 18.1 Å². The van der Waals surface area contributed by atoms with Gasteiger partial charge in [0.2, 0.25) is 0 Å². The van der Waals surface area contributed by atoms with Gasteiger partial charge in [-0.15, -0.1) is 0 Å². The molecule has 0 atom stereocenters. The van der Waals surface area contributed by atoms with Crippen LogP contribution in [-0.4, -0.2) is 32.4 Å². The molecule has 0 fully saturated rings. The SMILES string of the molecule is COc1ccc(/C=N/N(C)C)cc1OCc1ccc(C)cc1. The number of nitrogens with zero attached hydrogens (tertiary/aromatic N) is 2. The van der Waals surface area contributed by atoms with Gasteiger partial charge in [-0.25, -0.2) is 0 Å². The number of benzene rings is 2. The van der Waals surface area contributed by atoms with Crippen LogP contribution >= 0.6 is 0 Å². The van der Waals surface area contributed by atoms with E-state index < -0.39 is 0 Å². The Bertz CT molecular complexity index is 634. The summed E-state index contributed by atoms with van der Waals surface area (Å²) in [6.45, 7) is 2.58. The quantitative estimate of drug-likeness (QED) is 0.605. The molecule has 4 nitrogen and oxygen atoms in total. The molecule has 2 rings (SSSR count). The first-order valence-electron chi connectivity index (χ1n) is 7.16. The van der Waals surface area contributed by atoms with E-state index in [2.05, 4.69) is 36.3 Å². The average molecular weight is 298 g/mol. The average Bonchev–Trinajstić information content (AvgIpc) is 2.52. The topological polar surface area (TPSA) is 34.1 Å². The van der Waals surface area contributed by atoms with Crippen molar-refractivity contribution >= 4 is 6.21 Å². The molecule has 0 N–H and O–H groups in total. The molecule has 2 aromatic carbocycles. The maximum atomic E-state index is 5.90. The Kier molecular flexibility index (Phi) is 5.42. The van der Waals surface area contributed by atoms with Crippen molar-refractivity contribution in [1.29, 1.82) is 0 Å². The third kappa shape index (κ3) is 4.52. The highest BCUT2D eigenvalue weighted by Gasteiger charge is 2.06. The van der Waals surface area contributed by atoms with Gasteiger partial charge in [0.15, 0.2) is 11.5 Å². The Balaban J connectivity index is 2.13. The summed E-state index contributed by atoms with van der Waals surface area (Å²) in [4.78, 5) is 0. The molecule has 22 heavy (non-hydrogen) atoms. The molecule has 0 radical (unpaired) electrons. The third-order valence-corrected chi connectivity index (χ3v) is 3.14. The van der Waals surface area contributed by atoms with Crippen LogP contribution in [0.1, 0.15) is 16.7 Å². The van der Waals surface area contributed by atoms with E-state index in [1.807, 2.05) is 32.3 Å². The number of methoxy groups -OCH3 is 1. The Morgan fingerprint density at radius 3 is 2.41 bits per heavy atom. The number of hydrazone groups is 1. The van der Waals surface area contributed by atoms with Crippen LogP contribution in [0.4, 0.5) is 0 Å². The van der Waals surface area contributed by atoms with Crippen LogP contribution in [0.5, 0.6) is 11.5 Å². The molecule has 0 aliphatic carbocycles. The van der Waals surface area contributed by atoms with Gasteiger partial charge in [-0.3, -0.25) is 0 Å². The highest BCUT2D eigenvalue weighted by Crippen LogP contribution is 2.28. The van der Waals surface area contributed by atoms with Gasteiger partial charge in [0.05, 0.1) is 13.3 Å². The van der Waals surface area contributed by atoms with Crippen molar-refractivity contribution < 1.29 is 9.47 Å². The lowest BCUT2D eigenvalue weighted by Gasteiger charge is -2.12. The fourth-order valence-corrected chi connectivity index (χ4v) is 1.91. The number of aryl methyl sites for hydroxylation is 1. The fraction of sp³-hybridized carbons (Fsp3) is 0.278. The Hall–Kier alpha value is -2.49. The lowest BCUT2D eigenvalue weighted by Crippen LogP contribution is -2.02. The van der Waals surface area contributed by atoms with Crippen LogP contribution in [0.15, 0.2) is 47.6 Å². The summed E-state index contributed by atoms with van der Waals surface area (Å²) in [5.41, 5.74) is 3.33. The number of ether oxygens (including phenoxy) is 2. The minimum atomic E-state index is 0.505. The summed E-state index contributed by atoms with van der Waals surface area (Å²) in [5.74, 6) is 1.43. The molecule has 0 bridgehead atoms. The third-order valence-electron chi connectivity index (χ3n) is 3.14. The highest BCUT2D eigenvalue weighted by molar-refractivity contribution is 5.80. The highest BCUT2D eigenvalue weighted by atomic mass is 16.5. The van der Waals surface area contributed by atoms with Crippen molar-refractivity contribution in [2.45, 2.75) is 13.5 Å². The van der Waals surface area contributed by atoms with Crippen LogP contribution in [0, 0.1) is 6.92 Å². The zero-order chi connectivity index (χ0) is 15.9. The standard InChI is InChI=1S/C18H22N2O2/c1-14-5-7-15(8-6-14)13-22-18-11-16(12-19-20(2)3)9-10-17(18)21-4/h5-12H,13H2,1-4H3/b19-12+. The molecular weight excluding hydrogens is 276 g/mol. The molecule has 0 saturated carbocycles. The van der Waals surface area contributed by atoms with E-state index in [9.17, 15) is 0 Å². The van der Waals surface area contributed by atoms with Crippen molar-refractivity contribution in [3.05, 3.63) is 59.2 Å². The zero-order valence-electron chi connectivity index (χ0n) is 13.5. The largest absolute Gasteiger partial charge is 0.493 e. The van der Waals surface area contributed by atoms with Crippen molar-refractivity contribution in [1.82, 2.24) is 5.01 Å². The van der Waals surface area contributed by atoms with Gasteiger partial charge in [-0.2, -0.15) is 5.10 Å². The number of rotatable bonds is 6. The second-order valence-corrected chi connectivity index (χ2v) is 5.28. The van der Waals surface area contributed by atoms with E-state index in [-0.39, 0.29) is 0 Å². The predicted molar refractivity (Wildman–Crippen MR) is 89.8 cm³/mol. The molecule has 116 valence electrons. The van der Waals surface area contributed by atoms with E-state index in [1.165, 1.54) is 5.56 Å². The first kappa shape index (κ1) is 15.9. The van der Waals surface area contributed by atoms with Crippen LogP contribution in [0.25, 0.3) is 0 Å². The van der Waals surface area contributed by atoms with Crippen LogP contribution in [0.2, 0.25) is 0 Å². The smallest absolute Gasteiger partial charge is 0.162 e. The van der Waals surface area contributed by atoms with Crippen LogP contribution in [0.3, 0.4) is 0 Å². The van der Waals surface area contributed by atoms with Gasteiger partial charge < -0.3 is 14.5 Å². The van der Waals surface area contributed by atoms with Gasteiger partial charge in [0, 0.05) is 14.1 Å².